The topological polar surface area (TPSA) is 63.2 Å². The monoisotopic (exact) mass is 337 g/mol. The lowest BCUT2D eigenvalue weighted by molar-refractivity contribution is -0.121. The lowest BCUT2D eigenvalue weighted by atomic mass is 10.1. The number of sulfone groups is 1. The smallest absolute Gasteiger partial charge is 0.238 e. The van der Waals surface area contributed by atoms with Gasteiger partial charge in [0, 0.05) is 22.3 Å². The van der Waals surface area contributed by atoms with E-state index in [1.54, 1.807) is 25.1 Å². The van der Waals surface area contributed by atoms with E-state index >= 15 is 0 Å². The predicted molar refractivity (Wildman–Crippen MR) is 82.1 cm³/mol. The second-order valence-electron chi connectivity index (χ2n) is 4.82. The summed E-state index contributed by atoms with van der Waals surface area (Å²) in [5.41, 5.74) is 0.843. The molecule has 0 bridgehead atoms. The molecule has 0 spiro atoms. The zero-order valence-corrected chi connectivity index (χ0v) is 13.8. The summed E-state index contributed by atoms with van der Waals surface area (Å²) < 4.78 is 22.6. The van der Waals surface area contributed by atoms with Crippen molar-refractivity contribution in [1.82, 2.24) is 5.32 Å². The van der Waals surface area contributed by atoms with Crippen molar-refractivity contribution < 1.29 is 13.2 Å². The number of amides is 1. The summed E-state index contributed by atoms with van der Waals surface area (Å²) in [5, 5.41) is 2.67. The van der Waals surface area contributed by atoms with Crippen LogP contribution in [-0.2, 0) is 21.1 Å². The van der Waals surface area contributed by atoms with Crippen LogP contribution in [0.1, 0.15) is 19.4 Å². The molecule has 0 radical (unpaired) electrons. The Bertz CT molecular complexity index is 602. The van der Waals surface area contributed by atoms with Gasteiger partial charge in [-0.05, 0) is 38.0 Å². The van der Waals surface area contributed by atoms with Crippen LogP contribution in [0.25, 0.3) is 0 Å². The summed E-state index contributed by atoms with van der Waals surface area (Å²) in [5.74, 6) is -0.509. The second kappa shape index (κ2) is 6.78. The molecule has 0 aliphatic rings. The van der Waals surface area contributed by atoms with Crippen molar-refractivity contribution >= 4 is 38.9 Å². The van der Waals surface area contributed by atoms with Crippen LogP contribution >= 0.6 is 23.2 Å². The Balaban J connectivity index is 2.68. The quantitative estimate of drug-likeness (QED) is 0.897. The number of hydrogen-bond donors (Lipinski definition) is 1. The minimum atomic E-state index is -3.39. The number of halogens is 2. The fourth-order valence-corrected chi connectivity index (χ4v) is 2.57. The Labute approximate surface area is 129 Å². The maximum atomic E-state index is 11.8. The number of benzene rings is 1. The summed E-state index contributed by atoms with van der Waals surface area (Å²) in [6, 6.07) is 4.90. The van der Waals surface area contributed by atoms with E-state index in [9.17, 15) is 13.2 Å². The lowest BCUT2D eigenvalue weighted by Gasteiger charge is -2.17. The van der Waals surface area contributed by atoms with Crippen molar-refractivity contribution in [3.05, 3.63) is 33.8 Å². The van der Waals surface area contributed by atoms with Gasteiger partial charge in [0.2, 0.25) is 5.91 Å². The van der Waals surface area contributed by atoms with Gasteiger partial charge < -0.3 is 5.32 Å². The van der Waals surface area contributed by atoms with Crippen LogP contribution < -0.4 is 5.32 Å². The molecule has 7 heteroatoms. The molecule has 0 aliphatic carbocycles. The maximum Gasteiger partial charge on any atom is 0.238 e. The van der Waals surface area contributed by atoms with Crippen LogP contribution in [0, 0.1) is 0 Å². The fourth-order valence-electron chi connectivity index (χ4n) is 1.62. The Morgan fingerprint density at radius 3 is 2.40 bits per heavy atom. The molecule has 1 amide bonds. The summed E-state index contributed by atoms with van der Waals surface area (Å²) in [4.78, 5) is 11.8. The highest BCUT2D eigenvalue weighted by molar-refractivity contribution is 7.92. The Morgan fingerprint density at radius 1 is 1.30 bits per heavy atom. The summed E-state index contributed by atoms with van der Waals surface area (Å²) in [6.07, 6.45) is 1.54. The molecule has 4 nitrogen and oxygen atoms in total. The van der Waals surface area contributed by atoms with Crippen molar-refractivity contribution in [2.45, 2.75) is 31.6 Å². The largest absolute Gasteiger partial charge is 0.352 e. The van der Waals surface area contributed by atoms with Crippen LogP contribution in [0.4, 0.5) is 0 Å². The molecular weight excluding hydrogens is 321 g/mol. The van der Waals surface area contributed by atoms with E-state index in [1.165, 1.54) is 6.92 Å². The first kappa shape index (κ1) is 17.3. The highest BCUT2D eigenvalue weighted by atomic mass is 35.5. The van der Waals surface area contributed by atoms with Crippen LogP contribution in [0.3, 0.4) is 0 Å². The highest BCUT2D eigenvalue weighted by Gasteiger charge is 2.24. The molecule has 0 aromatic heterocycles. The van der Waals surface area contributed by atoms with Gasteiger partial charge in [0.15, 0.2) is 9.84 Å². The van der Waals surface area contributed by atoms with Gasteiger partial charge in [-0.25, -0.2) is 8.42 Å². The third-order valence-electron chi connectivity index (χ3n) is 2.94. The van der Waals surface area contributed by atoms with Crippen LogP contribution in [0.2, 0.25) is 10.0 Å². The molecule has 0 saturated heterocycles. The minimum absolute atomic E-state index is 0.231. The zero-order valence-electron chi connectivity index (χ0n) is 11.5. The molecule has 0 aliphatic heterocycles. The number of carbonyl (C=O) groups excluding carboxylic acids is 1. The molecule has 1 aromatic carbocycles. The van der Waals surface area contributed by atoms with Gasteiger partial charge in [-0.3, -0.25) is 4.79 Å². The molecule has 0 unspecified atom stereocenters. The Kier molecular flexibility index (Phi) is 5.86. The SMILES string of the molecule is C[C@H](Cc1ccc(Cl)cc1Cl)NC(=O)[C@@H](C)S(C)(=O)=O. The van der Waals surface area contributed by atoms with Crippen molar-refractivity contribution in [3.63, 3.8) is 0 Å². The van der Waals surface area contributed by atoms with Crippen molar-refractivity contribution in [2.75, 3.05) is 6.26 Å². The first-order chi connectivity index (χ1) is 9.11. The van der Waals surface area contributed by atoms with E-state index in [4.69, 9.17) is 23.2 Å². The minimum Gasteiger partial charge on any atom is -0.352 e. The van der Waals surface area contributed by atoms with Gasteiger partial charge in [0.05, 0.1) is 0 Å². The summed E-state index contributed by atoms with van der Waals surface area (Å²) in [6.45, 7) is 3.16. The lowest BCUT2D eigenvalue weighted by Crippen LogP contribution is -2.42. The van der Waals surface area contributed by atoms with Gasteiger partial charge in [0.1, 0.15) is 5.25 Å². The molecule has 0 fully saturated rings. The molecule has 0 heterocycles. The van der Waals surface area contributed by atoms with E-state index < -0.39 is 21.0 Å². The zero-order chi connectivity index (χ0) is 15.5. The normalized spacial score (nSPS) is 14.7. The van der Waals surface area contributed by atoms with Crippen LogP contribution in [-0.4, -0.2) is 31.9 Å². The Hall–Kier alpha value is -0.780. The van der Waals surface area contributed by atoms with Gasteiger partial charge in [-0.1, -0.05) is 29.3 Å². The van der Waals surface area contributed by atoms with E-state index in [2.05, 4.69) is 5.32 Å². The van der Waals surface area contributed by atoms with Crippen LogP contribution in [0.5, 0.6) is 0 Å². The molecule has 20 heavy (non-hydrogen) atoms. The van der Waals surface area contributed by atoms with Gasteiger partial charge >= 0.3 is 0 Å². The van der Waals surface area contributed by atoms with E-state index in [0.717, 1.165) is 11.8 Å². The predicted octanol–water partition coefficient (Wildman–Crippen LogP) is 2.47. The third kappa shape index (κ3) is 4.96. The van der Waals surface area contributed by atoms with Gasteiger partial charge in [0.25, 0.3) is 0 Å². The van der Waals surface area contributed by atoms with Crippen LogP contribution in [0.15, 0.2) is 18.2 Å². The van der Waals surface area contributed by atoms with Crippen molar-refractivity contribution in [3.8, 4) is 0 Å². The standard InChI is InChI=1S/C13H17Cl2NO3S/c1-8(16-13(17)9(2)20(3,18)19)6-10-4-5-11(14)7-12(10)15/h4-5,7-9H,6H2,1-3H3,(H,16,17)/t8-,9-/m1/s1. The molecule has 1 N–H and O–H groups in total. The fraction of sp³-hybridized carbons (Fsp3) is 0.462. The maximum absolute atomic E-state index is 11.8. The molecular formula is C13H17Cl2NO3S. The number of carbonyl (C=O) groups is 1. The van der Waals surface area contributed by atoms with Crippen molar-refractivity contribution in [1.29, 1.82) is 0 Å². The number of rotatable bonds is 5. The average molecular weight is 338 g/mol. The molecule has 2 atom stereocenters. The summed E-state index contributed by atoms with van der Waals surface area (Å²) in [7, 11) is -3.39. The molecule has 112 valence electrons. The van der Waals surface area contributed by atoms with Gasteiger partial charge in [-0.15, -0.1) is 0 Å². The number of nitrogens with one attached hydrogen (secondary N) is 1. The first-order valence-electron chi connectivity index (χ1n) is 6.04. The van der Waals surface area contributed by atoms with E-state index in [1.807, 2.05) is 0 Å². The number of hydrogen-bond acceptors (Lipinski definition) is 3. The van der Waals surface area contributed by atoms with E-state index in [0.29, 0.717) is 16.5 Å². The first-order valence-corrected chi connectivity index (χ1v) is 8.75. The van der Waals surface area contributed by atoms with Gasteiger partial charge in [-0.2, -0.15) is 0 Å². The average Bonchev–Trinajstić information content (AvgIpc) is 2.30. The summed E-state index contributed by atoms with van der Waals surface area (Å²) >= 11 is 11.9. The second-order valence-corrected chi connectivity index (χ2v) is 8.03. The van der Waals surface area contributed by atoms with E-state index in [-0.39, 0.29) is 6.04 Å². The highest BCUT2D eigenvalue weighted by Crippen LogP contribution is 2.22. The third-order valence-corrected chi connectivity index (χ3v) is 5.03. The van der Waals surface area contributed by atoms with Crippen molar-refractivity contribution in [2.24, 2.45) is 0 Å². The molecule has 1 aromatic rings. The Morgan fingerprint density at radius 2 is 1.90 bits per heavy atom. The molecule has 0 saturated carbocycles. The molecule has 1 rings (SSSR count).